The van der Waals surface area contributed by atoms with Gasteiger partial charge in [-0.2, -0.15) is 0 Å². The van der Waals surface area contributed by atoms with Crippen LogP contribution in [0, 0.1) is 0 Å². The van der Waals surface area contributed by atoms with E-state index in [4.69, 9.17) is 18.7 Å². The van der Waals surface area contributed by atoms with Crippen molar-refractivity contribution in [2.45, 2.75) is 13.2 Å². The van der Waals surface area contributed by atoms with Gasteiger partial charge in [0.1, 0.15) is 12.1 Å². The van der Waals surface area contributed by atoms with E-state index < -0.39 is 0 Å². The molecule has 29 heavy (non-hydrogen) atoms. The predicted octanol–water partition coefficient (Wildman–Crippen LogP) is 4.97. The summed E-state index contributed by atoms with van der Waals surface area (Å²) in [5.41, 5.74) is 3.44. The zero-order valence-electron chi connectivity index (χ0n) is 15.9. The summed E-state index contributed by atoms with van der Waals surface area (Å²) in [6.45, 7) is 0.624. The van der Waals surface area contributed by atoms with Gasteiger partial charge in [0.25, 0.3) is 0 Å². The fourth-order valence-electron chi connectivity index (χ4n) is 2.79. The molecule has 6 heteroatoms. The van der Waals surface area contributed by atoms with Crippen LogP contribution in [-0.2, 0) is 18.1 Å². The van der Waals surface area contributed by atoms with Crippen molar-refractivity contribution >= 4 is 17.3 Å². The van der Waals surface area contributed by atoms with Gasteiger partial charge in [-0.05, 0) is 35.9 Å². The van der Waals surface area contributed by atoms with Gasteiger partial charge in [-0.15, -0.1) is 0 Å². The van der Waals surface area contributed by atoms with Gasteiger partial charge in [0.2, 0.25) is 5.89 Å². The van der Waals surface area contributed by atoms with E-state index in [1.807, 2.05) is 72.8 Å². The highest BCUT2D eigenvalue weighted by molar-refractivity contribution is 5.80. The lowest BCUT2D eigenvalue weighted by Crippen LogP contribution is -1.98. The van der Waals surface area contributed by atoms with Gasteiger partial charge in [0.05, 0.1) is 13.3 Å². The quantitative estimate of drug-likeness (QED) is 0.315. The zero-order valence-corrected chi connectivity index (χ0v) is 15.9. The highest BCUT2D eigenvalue weighted by atomic mass is 16.6. The van der Waals surface area contributed by atoms with Crippen LogP contribution < -0.4 is 9.47 Å². The number of rotatable bonds is 8. The predicted molar refractivity (Wildman–Crippen MR) is 110 cm³/mol. The maximum absolute atomic E-state index is 5.86. The van der Waals surface area contributed by atoms with E-state index in [-0.39, 0.29) is 6.61 Å². The van der Waals surface area contributed by atoms with Gasteiger partial charge in [0.15, 0.2) is 23.7 Å². The summed E-state index contributed by atoms with van der Waals surface area (Å²) in [7, 11) is 1.61. The van der Waals surface area contributed by atoms with Crippen LogP contribution in [0.3, 0.4) is 0 Å². The fraction of sp³-hybridized carbons (Fsp3) is 0.130. The lowest BCUT2D eigenvalue weighted by molar-refractivity contribution is 0.113. The largest absolute Gasteiger partial charge is 0.493 e. The third-order valence-corrected chi connectivity index (χ3v) is 4.23. The van der Waals surface area contributed by atoms with E-state index in [1.165, 1.54) is 0 Å². The molecule has 1 heterocycles. The SMILES string of the molecule is COc1cc(/C=N\OCc2nc3ccccc3o2)ccc1OCc1ccccc1. The first-order chi connectivity index (χ1) is 14.3. The molecule has 0 aliphatic heterocycles. The number of oxime groups is 1. The Balaban J connectivity index is 1.35. The van der Waals surface area contributed by atoms with Gasteiger partial charge < -0.3 is 18.7 Å². The minimum Gasteiger partial charge on any atom is -0.493 e. The molecule has 0 bridgehead atoms. The van der Waals surface area contributed by atoms with Gasteiger partial charge in [-0.25, -0.2) is 4.98 Å². The zero-order chi connectivity index (χ0) is 19.9. The molecular formula is C23H20N2O4. The van der Waals surface area contributed by atoms with Crippen LogP contribution in [0.2, 0.25) is 0 Å². The van der Waals surface area contributed by atoms with E-state index in [1.54, 1.807) is 13.3 Å². The number of fused-ring (bicyclic) bond motifs is 1. The third-order valence-electron chi connectivity index (χ3n) is 4.23. The Hall–Kier alpha value is -3.80. The first-order valence-corrected chi connectivity index (χ1v) is 9.16. The highest BCUT2D eigenvalue weighted by Crippen LogP contribution is 2.28. The molecule has 4 aromatic rings. The van der Waals surface area contributed by atoms with E-state index >= 15 is 0 Å². The van der Waals surface area contributed by atoms with Gasteiger partial charge in [0, 0.05) is 5.56 Å². The monoisotopic (exact) mass is 388 g/mol. The molecule has 1 aromatic heterocycles. The van der Waals surface area contributed by atoms with E-state index in [2.05, 4.69) is 10.1 Å². The summed E-state index contributed by atoms with van der Waals surface area (Å²) in [6, 6.07) is 23.1. The van der Waals surface area contributed by atoms with Crippen LogP contribution in [0.5, 0.6) is 11.5 Å². The number of ether oxygens (including phenoxy) is 2. The molecule has 0 amide bonds. The van der Waals surface area contributed by atoms with Crippen molar-refractivity contribution in [1.29, 1.82) is 0 Å². The minimum absolute atomic E-state index is 0.153. The molecule has 0 radical (unpaired) electrons. The average molecular weight is 388 g/mol. The molecule has 0 aliphatic rings. The number of hydrogen-bond donors (Lipinski definition) is 0. The van der Waals surface area contributed by atoms with E-state index in [9.17, 15) is 0 Å². The molecule has 146 valence electrons. The molecule has 0 atom stereocenters. The molecule has 0 saturated carbocycles. The lowest BCUT2D eigenvalue weighted by Gasteiger charge is -2.11. The lowest BCUT2D eigenvalue weighted by atomic mass is 10.2. The molecule has 0 N–H and O–H groups in total. The Morgan fingerprint density at radius 2 is 1.76 bits per heavy atom. The number of benzene rings is 3. The molecule has 6 nitrogen and oxygen atoms in total. The molecule has 3 aromatic carbocycles. The maximum atomic E-state index is 5.86. The molecule has 0 saturated heterocycles. The summed E-state index contributed by atoms with van der Waals surface area (Å²) in [5.74, 6) is 1.77. The second-order valence-electron chi connectivity index (χ2n) is 6.27. The molecular weight excluding hydrogens is 368 g/mol. The number of hydrogen-bond acceptors (Lipinski definition) is 6. The Labute approximate surface area is 168 Å². The topological polar surface area (TPSA) is 66.1 Å². The van der Waals surface area contributed by atoms with E-state index in [0.717, 1.165) is 22.2 Å². The van der Waals surface area contributed by atoms with Gasteiger partial charge in [-0.1, -0.05) is 47.6 Å². The second-order valence-corrected chi connectivity index (χ2v) is 6.27. The molecule has 0 spiro atoms. The number of methoxy groups -OCH3 is 1. The summed E-state index contributed by atoms with van der Waals surface area (Å²) in [5, 5.41) is 3.98. The highest BCUT2D eigenvalue weighted by Gasteiger charge is 2.07. The van der Waals surface area contributed by atoms with Crippen molar-refractivity contribution in [2.75, 3.05) is 7.11 Å². The van der Waals surface area contributed by atoms with Gasteiger partial charge in [-0.3, -0.25) is 0 Å². The van der Waals surface area contributed by atoms with E-state index in [0.29, 0.717) is 24.0 Å². The second kappa shape index (κ2) is 8.93. The van der Waals surface area contributed by atoms with Crippen molar-refractivity contribution in [1.82, 2.24) is 4.98 Å². The Morgan fingerprint density at radius 3 is 2.59 bits per heavy atom. The molecule has 0 aliphatic carbocycles. The molecule has 0 unspecified atom stereocenters. The molecule has 4 rings (SSSR count). The average Bonchev–Trinajstić information content (AvgIpc) is 3.19. The standard InChI is InChI=1S/C23H20N2O4/c1-26-22-13-18(11-12-21(22)27-15-17-7-3-2-4-8-17)14-24-28-16-23-25-19-9-5-6-10-20(19)29-23/h2-14H,15-16H2,1H3/b24-14-. The minimum atomic E-state index is 0.153. The first kappa shape index (κ1) is 18.6. The summed E-state index contributed by atoms with van der Waals surface area (Å²) < 4.78 is 16.9. The van der Waals surface area contributed by atoms with Crippen LogP contribution >= 0.6 is 0 Å². The maximum Gasteiger partial charge on any atom is 0.236 e. The fourth-order valence-corrected chi connectivity index (χ4v) is 2.79. The van der Waals surface area contributed by atoms with Crippen molar-refractivity contribution in [2.24, 2.45) is 5.16 Å². The van der Waals surface area contributed by atoms with Crippen molar-refractivity contribution < 1.29 is 18.7 Å². The number of oxazole rings is 1. The third kappa shape index (κ3) is 4.73. The van der Waals surface area contributed by atoms with Crippen LogP contribution in [0.4, 0.5) is 0 Å². The first-order valence-electron chi connectivity index (χ1n) is 9.16. The smallest absolute Gasteiger partial charge is 0.236 e. The Morgan fingerprint density at radius 1 is 0.931 bits per heavy atom. The number of aromatic nitrogens is 1. The van der Waals surface area contributed by atoms with Crippen LogP contribution in [0.25, 0.3) is 11.1 Å². The van der Waals surface area contributed by atoms with Crippen LogP contribution in [-0.4, -0.2) is 18.3 Å². The van der Waals surface area contributed by atoms with Crippen LogP contribution in [0.1, 0.15) is 17.0 Å². The summed E-state index contributed by atoms with van der Waals surface area (Å²) in [6.07, 6.45) is 1.60. The number of para-hydroxylation sites is 2. The Kier molecular flexibility index (Phi) is 5.71. The normalized spacial score (nSPS) is 11.1. The molecule has 0 fully saturated rings. The Bertz CT molecular complexity index is 1070. The van der Waals surface area contributed by atoms with Crippen LogP contribution in [0.15, 0.2) is 82.4 Å². The van der Waals surface area contributed by atoms with Crippen molar-refractivity contribution in [3.8, 4) is 11.5 Å². The van der Waals surface area contributed by atoms with Crippen molar-refractivity contribution in [3.63, 3.8) is 0 Å². The summed E-state index contributed by atoms with van der Waals surface area (Å²) in [4.78, 5) is 9.64. The van der Waals surface area contributed by atoms with Crippen molar-refractivity contribution in [3.05, 3.63) is 89.8 Å². The summed E-state index contributed by atoms with van der Waals surface area (Å²) >= 11 is 0. The van der Waals surface area contributed by atoms with Gasteiger partial charge >= 0.3 is 0 Å². The number of nitrogens with zero attached hydrogens (tertiary/aromatic N) is 2.